The van der Waals surface area contributed by atoms with Crippen molar-refractivity contribution in [2.75, 3.05) is 0 Å². The van der Waals surface area contributed by atoms with E-state index in [0.29, 0.717) is 6.42 Å². The van der Waals surface area contributed by atoms with Crippen LogP contribution < -0.4 is 11.1 Å². The monoisotopic (exact) mass is 228 g/mol. The van der Waals surface area contributed by atoms with Gasteiger partial charge in [-0.2, -0.15) is 0 Å². The van der Waals surface area contributed by atoms with Crippen LogP contribution in [0, 0.1) is 5.92 Å². The number of aliphatic carboxylic acids is 1. The Balaban J connectivity index is 2.56. The molecule has 1 aliphatic rings. The Morgan fingerprint density at radius 3 is 2.50 bits per heavy atom. The van der Waals surface area contributed by atoms with Crippen LogP contribution in [0.25, 0.3) is 0 Å². The van der Waals surface area contributed by atoms with E-state index in [2.05, 4.69) is 5.32 Å². The van der Waals surface area contributed by atoms with Gasteiger partial charge in [0.05, 0.1) is 12.0 Å². The zero-order chi connectivity index (χ0) is 12.3. The molecule has 0 aromatic rings. The summed E-state index contributed by atoms with van der Waals surface area (Å²) in [4.78, 5) is 22.4. The number of carbonyl (C=O) groups excluding carboxylic acids is 1. The number of aliphatic hydroxyl groups excluding tert-OH is 1. The van der Waals surface area contributed by atoms with E-state index in [4.69, 9.17) is 10.8 Å². The molecule has 4 atom stereocenters. The first-order valence-electron chi connectivity index (χ1n) is 5.07. The van der Waals surface area contributed by atoms with Crippen molar-refractivity contribution in [1.82, 2.24) is 5.32 Å². The molecule has 0 radical (unpaired) electrons. The van der Waals surface area contributed by atoms with E-state index in [1.807, 2.05) is 0 Å². The first-order chi connectivity index (χ1) is 7.41. The Morgan fingerprint density at radius 1 is 1.50 bits per heavy atom. The molecule has 0 aromatic carbocycles. The molecule has 1 rings (SSSR count). The summed E-state index contributed by atoms with van der Waals surface area (Å²) in [7, 11) is 0. The van der Waals surface area contributed by atoms with Crippen molar-refractivity contribution >= 4 is 11.9 Å². The van der Waals surface area contributed by atoms with Crippen LogP contribution in [0.2, 0.25) is 0 Å². The van der Waals surface area contributed by atoms with Gasteiger partial charge in [0.15, 0.2) is 6.04 Å². The number of amides is 1. The molecular weight excluding hydrogens is 212 g/mol. The molecular formula is C10H16N2O4. The molecule has 0 heterocycles. The Hall–Kier alpha value is -1.40. The van der Waals surface area contributed by atoms with E-state index >= 15 is 0 Å². The third kappa shape index (κ3) is 3.04. The van der Waals surface area contributed by atoms with Crippen molar-refractivity contribution in [1.29, 1.82) is 0 Å². The summed E-state index contributed by atoms with van der Waals surface area (Å²) in [5.41, 5.74) is 5.58. The SMILES string of the molecule is C[C@@H](O)[C@H](NC(=O)C1C=CC(N)C1)C(=O)O. The van der Waals surface area contributed by atoms with Gasteiger partial charge in [-0.25, -0.2) is 4.79 Å². The summed E-state index contributed by atoms with van der Waals surface area (Å²) in [6.45, 7) is 1.31. The Kier molecular flexibility index (Phi) is 4.03. The number of hydrogen-bond acceptors (Lipinski definition) is 4. The highest BCUT2D eigenvalue weighted by atomic mass is 16.4. The quantitative estimate of drug-likeness (QED) is 0.453. The number of carbonyl (C=O) groups is 2. The maximum Gasteiger partial charge on any atom is 0.328 e. The van der Waals surface area contributed by atoms with Gasteiger partial charge in [0.2, 0.25) is 5.91 Å². The predicted octanol–water partition coefficient (Wildman–Crippen LogP) is -1.16. The normalized spacial score (nSPS) is 27.4. The van der Waals surface area contributed by atoms with Gasteiger partial charge in [0, 0.05) is 6.04 Å². The second-order valence-electron chi connectivity index (χ2n) is 3.96. The van der Waals surface area contributed by atoms with Crippen LogP contribution in [-0.4, -0.2) is 40.3 Å². The average Bonchev–Trinajstić information content (AvgIpc) is 2.59. The Labute approximate surface area is 93.1 Å². The van der Waals surface area contributed by atoms with Crippen molar-refractivity contribution < 1.29 is 19.8 Å². The van der Waals surface area contributed by atoms with Crippen LogP contribution in [0.1, 0.15) is 13.3 Å². The van der Waals surface area contributed by atoms with Crippen molar-refractivity contribution in [3.8, 4) is 0 Å². The van der Waals surface area contributed by atoms with E-state index in [0.717, 1.165) is 0 Å². The zero-order valence-electron chi connectivity index (χ0n) is 8.96. The molecule has 0 aromatic heterocycles. The predicted molar refractivity (Wildman–Crippen MR) is 56.5 cm³/mol. The highest BCUT2D eigenvalue weighted by Gasteiger charge is 2.29. The molecule has 0 spiro atoms. The molecule has 6 heteroatoms. The van der Waals surface area contributed by atoms with Crippen LogP contribution in [0.3, 0.4) is 0 Å². The van der Waals surface area contributed by atoms with Gasteiger partial charge < -0.3 is 21.3 Å². The number of nitrogens with one attached hydrogen (secondary N) is 1. The molecule has 6 nitrogen and oxygen atoms in total. The Bertz CT molecular complexity index is 314. The van der Waals surface area contributed by atoms with Crippen LogP contribution in [0.5, 0.6) is 0 Å². The summed E-state index contributed by atoms with van der Waals surface area (Å²) in [6.07, 6.45) is 2.70. The van der Waals surface area contributed by atoms with Crippen molar-refractivity contribution in [2.45, 2.75) is 31.5 Å². The molecule has 16 heavy (non-hydrogen) atoms. The number of aliphatic hydroxyl groups is 1. The second kappa shape index (κ2) is 5.09. The van der Waals surface area contributed by atoms with E-state index in [1.165, 1.54) is 6.92 Å². The van der Waals surface area contributed by atoms with Gasteiger partial charge in [0.1, 0.15) is 0 Å². The Morgan fingerprint density at radius 2 is 2.12 bits per heavy atom. The molecule has 1 aliphatic carbocycles. The fourth-order valence-corrected chi connectivity index (χ4v) is 1.57. The minimum Gasteiger partial charge on any atom is -0.480 e. The van der Waals surface area contributed by atoms with E-state index in [-0.39, 0.29) is 6.04 Å². The molecule has 0 fully saturated rings. The summed E-state index contributed by atoms with van der Waals surface area (Å²) in [6, 6.07) is -1.44. The molecule has 0 bridgehead atoms. The summed E-state index contributed by atoms with van der Waals surface area (Å²) < 4.78 is 0. The topological polar surface area (TPSA) is 113 Å². The number of rotatable bonds is 4. The molecule has 0 saturated heterocycles. The minimum atomic E-state index is -1.28. The average molecular weight is 228 g/mol. The van der Waals surface area contributed by atoms with Crippen LogP contribution in [0.4, 0.5) is 0 Å². The fraction of sp³-hybridized carbons (Fsp3) is 0.600. The first-order valence-corrected chi connectivity index (χ1v) is 5.07. The number of nitrogens with two attached hydrogens (primary N) is 1. The lowest BCUT2D eigenvalue weighted by atomic mass is 10.1. The third-order valence-electron chi connectivity index (χ3n) is 2.50. The summed E-state index contributed by atoms with van der Waals surface area (Å²) >= 11 is 0. The number of carboxylic acids is 1. The maximum absolute atomic E-state index is 11.6. The van der Waals surface area contributed by atoms with Gasteiger partial charge in [-0.3, -0.25) is 4.79 Å². The molecule has 5 N–H and O–H groups in total. The van der Waals surface area contributed by atoms with E-state index < -0.39 is 29.9 Å². The fourth-order valence-electron chi connectivity index (χ4n) is 1.57. The largest absolute Gasteiger partial charge is 0.480 e. The number of hydrogen-bond donors (Lipinski definition) is 4. The van der Waals surface area contributed by atoms with Crippen LogP contribution in [-0.2, 0) is 9.59 Å². The van der Waals surface area contributed by atoms with Crippen molar-refractivity contribution in [2.24, 2.45) is 11.7 Å². The minimum absolute atomic E-state index is 0.162. The highest BCUT2D eigenvalue weighted by molar-refractivity contribution is 5.86. The van der Waals surface area contributed by atoms with Crippen molar-refractivity contribution in [3.63, 3.8) is 0 Å². The lowest BCUT2D eigenvalue weighted by molar-refractivity contribution is -0.145. The molecule has 2 unspecified atom stereocenters. The van der Waals surface area contributed by atoms with Crippen LogP contribution >= 0.6 is 0 Å². The molecule has 1 amide bonds. The van der Waals surface area contributed by atoms with Gasteiger partial charge in [0.25, 0.3) is 0 Å². The van der Waals surface area contributed by atoms with Crippen molar-refractivity contribution in [3.05, 3.63) is 12.2 Å². The smallest absolute Gasteiger partial charge is 0.328 e. The lowest BCUT2D eigenvalue weighted by Crippen LogP contribution is -2.49. The van der Waals surface area contributed by atoms with Gasteiger partial charge in [-0.15, -0.1) is 0 Å². The highest BCUT2D eigenvalue weighted by Crippen LogP contribution is 2.16. The van der Waals surface area contributed by atoms with E-state index in [9.17, 15) is 14.7 Å². The lowest BCUT2D eigenvalue weighted by Gasteiger charge is -2.19. The second-order valence-corrected chi connectivity index (χ2v) is 3.96. The summed E-state index contributed by atoms with van der Waals surface area (Å²) in [5, 5.41) is 20.2. The molecule has 90 valence electrons. The molecule has 0 aliphatic heterocycles. The molecule has 0 saturated carbocycles. The third-order valence-corrected chi connectivity index (χ3v) is 2.50. The van der Waals surface area contributed by atoms with Gasteiger partial charge in [-0.1, -0.05) is 12.2 Å². The van der Waals surface area contributed by atoms with Gasteiger partial charge in [-0.05, 0) is 13.3 Å². The van der Waals surface area contributed by atoms with E-state index in [1.54, 1.807) is 12.2 Å². The van der Waals surface area contributed by atoms with Crippen LogP contribution in [0.15, 0.2) is 12.2 Å². The zero-order valence-corrected chi connectivity index (χ0v) is 8.96. The maximum atomic E-state index is 11.6. The summed E-state index contributed by atoms with van der Waals surface area (Å²) in [5.74, 6) is -2.08. The first kappa shape index (κ1) is 12.7. The number of carboxylic acid groups (broad SMARTS) is 1. The van der Waals surface area contributed by atoms with Gasteiger partial charge >= 0.3 is 5.97 Å². The standard InChI is InChI=1S/C10H16N2O4/c1-5(13)8(10(15)16)12-9(14)6-2-3-7(11)4-6/h2-3,5-8,13H,4,11H2,1H3,(H,12,14)(H,15,16)/t5-,6?,7?,8+/m1/s1.